The summed E-state index contributed by atoms with van der Waals surface area (Å²) in [5.41, 5.74) is 1.80. The molecule has 2 unspecified atom stereocenters. The van der Waals surface area contributed by atoms with Crippen LogP contribution in [-0.4, -0.2) is 73.0 Å². The monoisotopic (exact) mass is 415 g/mol. The Morgan fingerprint density at radius 2 is 2.03 bits per heavy atom. The Kier molecular flexibility index (Phi) is 6.65. The van der Waals surface area contributed by atoms with Gasteiger partial charge < -0.3 is 25.8 Å². The number of fused-ring (bicyclic) bond motifs is 1. The number of hydrogen-bond acceptors (Lipinski definition) is 5. The number of anilines is 1. The van der Waals surface area contributed by atoms with E-state index in [-0.39, 0.29) is 24.1 Å². The zero-order valence-electron chi connectivity index (χ0n) is 18.4. The van der Waals surface area contributed by atoms with E-state index < -0.39 is 11.7 Å². The zero-order chi connectivity index (χ0) is 21.9. The number of carbonyl (C=O) groups excluding carboxylic acids is 3. The second-order valence-electron chi connectivity index (χ2n) is 8.67. The van der Waals surface area contributed by atoms with Gasteiger partial charge in [0, 0.05) is 31.6 Å². The SMILES string of the molecule is Cc1ccc2c(c1)NC1(CCC(=O)N(C(C)C(=O)NCCCN(C)C)CC1)NC2=O. The number of carbonyl (C=O) groups is 3. The first kappa shape index (κ1) is 22.1. The number of aryl methyl sites for hydroxylation is 1. The number of nitrogens with zero attached hydrogens (tertiary/aromatic N) is 2. The Morgan fingerprint density at radius 3 is 2.77 bits per heavy atom. The molecular formula is C22H33N5O3. The van der Waals surface area contributed by atoms with E-state index in [4.69, 9.17) is 0 Å². The van der Waals surface area contributed by atoms with Crippen molar-refractivity contribution in [1.29, 1.82) is 0 Å². The van der Waals surface area contributed by atoms with Crippen molar-refractivity contribution in [3.05, 3.63) is 29.3 Å². The number of amides is 3. The first-order valence-electron chi connectivity index (χ1n) is 10.6. The first-order valence-corrected chi connectivity index (χ1v) is 10.6. The Morgan fingerprint density at radius 1 is 1.27 bits per heavy atom. The molecule has 3 N–H and O–H groups in total. The third-order valence-electron chi connectivity index (χ3n) is 5.94. The summed E-state index contributed by atoms with van der Waals surface area (Å²) in [7, 11) is 3.99. The minimum atomic E-state index is -0.676. The van der Waals surface area contributed by atoms with Crippen molar-refractivity contribution in [2.45, 2.75) is 51.2 Å². The molecule has 2 atom stereocenters. The van der Waals surface area contributed by atoms with E-state index in [0.717, 1.165) is 24.2 Å². The van der Waals surface area contributed by atoms with Crippen LogP contribution in [0.3, 0.4) is 0 Å². The highest BCUT2D eigenvalue weighted by Gasteiger charge is 2.41. The number of nitrogens with one attached hydrogen (secondary N) is 3. The summed E-state index contributed by atoms with van der Waals surface area (Å²) in [6, 6.07) is 5.15. The highest BCUT2D eigenvalue weighted by atomic mass is 16.2. The quantitative estimate of drug-likeness (QED) is 0.609. The molecule has 2 aliphatic rings. The molecule has 0 bridgehead atoms. The lowest BCUT2D eigenvalue weighted by atomic mass is 9.94. The predicted octanol–water partition coefficient (Wildman–Crippen LogP) is 1.32. The molecule has 1 saturated heterocycles. The average molecular weight is 416 g/mol. The lowest BCUT2D eigenvalue weighted by Crippen LogP contribution is -2.58. The van der Waals surface area contributed by atoms with Crippen LogP contribution in [0.4, 0.5) is 5.69 Å². The third kappa shape index (κ3) is 4.92. The summed E-state index contributed by atoms with van der Waals surface area (Å²) in [5.74, 6) is -0.329. The van der Waals surface area contributed by atoms with Crippen molar-refractivity contribution in [2.24, 2.45) is 0 Å². The van der Waals surface area contributed by atoms with E-state index in [1.807, 2.05) is 39.2 Å². The molecule has 0 saturated carbocycles. The van der Waals surface area contributed by atoms with Crippen molar-refractivity contribution in [2.75, 3.05) is 39.0 Å². The maximum Gasteiger partial charge on any atom is 0.255 e. The van der Waals surface area contributed by atoms with Gasteiger partial charge in [0.05, 0.1) is 5.56 Å². The van der Waals surface area contributed by atoms with Crippen molar-refractivity contribution in [3.8, 4) is 0 Å². The molecule has 30 heavy (non-hydrogen) atoms. The van der Waals surface area contributed by atoms with Gasteiger partial charge in [-0.25, -0.2) is 0 Å². The molecule has 0 aromatic heterocycles. The van der Waals surface area contributed by atoms with Gasteiger partial charge in [0.15, 0.2) is 0 Å². The van der Waals surface area contributed by atoms with Crippen molar-refractivity contribution >= 4 is 23.4 Å². The molecule has 1 aromatic carbocycles. The van der Waals surface area contributed by atoms with E-state index in [1.54, 1.807) is 11.8 Å². The smallest absolute Gasteiger partial charge is 0.255 e. The van der Waals surface area contributed by atoms with E-state index in [1.165, 1.54) is 0 Å². The van der Waals surface area contributed by atoms with Crippen molar-refractivity contribution in [1.82, 2.24) is 20.4 Å². The zero-order valence-corrected chi connectivity index (χ0v) is 18.4. The maximum atomic E-state index is 12.8. The van der Waals surface area contributed by atoms with Gasteiger partial charge in [-0.05, 0) is 65.0 Å². The van der Waals surface area contributed by atoms with Crippen LogP contribution in [0.2, 0.25) is 0 Å². The molecular weight excluding hydrogens is 382 g/mol. The standard InChI is InChI=1S/C22H33N5O3/c1-15-6-7-17-18(14-15)24-22(25-21(17)30)9-8-19(28)27(13-10-22)16(2)20(29)23-11-5-12-26(3)4/h6-7,14,16,24H,5,8-13H2,1-4H3,(H,23,29)(H,25,30). The Balaban J connectivity index is 1.65. The van der Waals surface area contributed by atoms with Gasteiger partial charge in [0.25, 0.3) is 5.91 Å². The van der Waals surface area contributed by atoms with E-state index >= 15 is 0 Å². The highest BCUT2D eigenvalue weighted by Crippen LogP contribution is 2.32. The van der Waals surface area contributed by atoms with Crippen molar-refractivity contribution in [3.63, 3.8) is 0 Å². The fourth-order valence-corrected chi connectivity index (χ4v) is 4.11. The van der Waals surface area contributed by atoms with Crippen LogP contribution >= 0.6 is 0 Å². The van der Waals surface area contributed by atoms with Gasteiger partial charge >= 0.3 is 0 Å². The Hall–Kier alpha value is -2.61. The first-order chi connectivity index (χ1) is 14.2. The molecule has 8 heteroatoms. The Bertz CT molecular complexity index is 825. The second kappa shape index (κ2) is 9.04. The lowest BCUT2D eigenvalue weighted by molar-refractivity contribution is -0.139. The molecule has 1 spiro atoms. The molecule has 0 radical (unpaired) electrons. The van der Waals surface area contributed by atoms with Gasteiger partial charge in [-0.2, -0.15) is 0 Å². The van der Waals surface area contributed by atoms with Crippen LogP contribution in [0.15, 0.2) is 18.2 Å². The summed E-state index contributed by atoms with van der Waals surface area (Å²) < 4.78 is 0. The maximum absolute atomic E-state index is 12.8. The number of likely N-dealkylation sites (tertiary alicyclic amines) is 1. The molecule has 2 aliphatic heterocycles. The largest absolute Gasteiger partial charge is 0.362 e. The van der Waals surface area contributed by atoms with Gasteiger partial charge in [-0.3, -0.25) is 14.4 Å². The molecule has 2 heterocycles. The van der Waals surface area contributed by atoms with E-state index in [2.05, 4.69) is 20.9 Å². The van der Waals surface area contributed by atoms with E-state index in [0.29, 0.717) is 31.5 Å². The fourth-order valence-electron chi connectivity index (χ4n) is 4.11. The van der Waals surface area contributed by atoms with E-state index in [9.17, 15) is 14.4 Å². The molecule has 8 nitrogen and oxygen atoms in total. The summed E-state index contributed by atoms with van der Waals surface area (Å²) >= 11 is 0. The minimum Gasteiger partial charge on any atom is -0.362 e. The average Bonchev–Trinajstić information content (AvgIpc) is 2.83. The molecule has 3 amide bonds. The summed E-state index contributed by atoms with van der Waals surface area (Å²) in [6.07, 6.45) is 2.15. The topological polar surface area (TPSA) is 93.8 Å². The second-order valence-corrected chi connectivity index (χ2v) is 8.67. The van der Waals surface area contributed by atoms with Gasteiger partial charge in [0.2, 0.25) is 11.8 Å². The van der Waals surface area contributed by atoms with Gasteiger partial charge in [-0.15, -0.1) is 0 Å². The van der Waals surface area contributed by atoms with Crippen LogP contribution in [0, 0.1) is 6.92 Å². The highest BCUT2D eigenvalue weighted by molar-refractivity contribution is 6.02. The number of rotatable bonds is 6. The summed E-state index contributed by atoms with van der Waals surface area (Å²) in [5, 5.41) is 9.47. The third-order valence-corrected chi connectivity index (χ3v) is 5.94. The van der Waals surface area contributed by atoms with Crippen LogP contribution in [-0.2, 0) is 9.59 Å². The minimum absolute atomic E-state index is 0.0612. The van der Waals surface area contributed by atoms with Gasteiger partial charge in [0.1, 0.15) is 11.7 Å². The number of benzene rings is 1. The molecule has 3 rings (SSSR count). The lowest BCUT2D eigenvalue weighted by Gasteiger charge is -2.40. The normalized spacial score (nSPS) is 22.2. The Labute approximate surface area is 178 Å². The molecule has 164 valence electrons. The van der Waals surface area contributed by atoms with Crippen LogP contribution in [0.25, 0.3) is 0 Å². The summed E-state index contributed by atoms with van der Waals surface area (Å²) in [6.45, 7) is 5.63. The predicted molar refractivity (Wildman–Crippen MR) is 116 cm³/mol. The van der Waals surface area contributed by atoms with Crippen LogP contribution < -0.4 is 16.0 Å². The van der Waals surface area contributed by atoms with Crippen LogP contribution in [0.1, 0.15) is 48.5 Å². The summed E-state index contributed by atoms with van der Waals surface area (Å²) in [4.78, 5) is 41.7. The molecule has 0 aliphatic carbocycles. The van der Waals surface area contributed by atoms with Crippen molar-refractivity contribution < 1.29 is 14.4 Å². The molecule has 1 aromatic rings. The molecule has 1 fully saturated rings. The van der Waals surface area contributed by atoms with Crippen LogP contribution in [0.5, 0.6) is 0 Å². The van der Waals surface area contributed by atoms with Gasteiger partial charge in [-0.1, -0.05) is 6.07 Å². The fraction of sp³-hybridized carbons (Fsp3) is 0.591. The number of hydrogen-bond donors (Lipinski definition) is 3.